The molecular weight excluding hydrogens is 411 g/mol. The minimum atomic E-state index is -0.356. The van der Waals surface area contributed by atoms with Crippen LogP contribution in [0, 0.1) is 5.82 Å². The largest absolute Gasteiger partial charge is 0.439 e. The Morgan fingerprint density at radius 1 is 1.12 bits per heavy atom. The SMILES string of the molecule is Cn1ccc(C(=O)N2CCc3nc(-c4cccnc4)nc(Oc4ccc(F)cc4)c3C2)n1. The molecule has 0 fully saturated rings. The van der Waals surface area contributed by atoms with E-state index in [1.54, 1.807) is 41.3 Å². The summed E-state index contributed by atoms with van der Waals surface area (Å²) in [6.07, 6.45) is 5.64. The number of benzene rings is 1. The molecule has 8 nitrogen and oxygen atoms in total. The highest BCUT2D eigenvalue weighted by Crippen LogP contribution is 2.32. The van der Waals surface area contributed by atoms with Gasteiger partial charge in [0, 0.05) is 44.2 Å². The highest BCUT2D eigenvalue weighted by Gasteiger charge is 2.28. The van der Waals surface area contributed by atoms with Crippen molar-refractivity contribution < 1.29 is 13.9 Å². The molecule has 160 valence electrons. The fraction of sp³-hybridized carbons (Fsp3) is 0.174. The Labute approximate surface area is 183 Å². The Kier molecular flexibility index (Phi) is 5.06. The smallest absolute Gasteiger partial charge is 0.274 e. The van der Waals surface area contributed by atoms with Gasteiger partial charge in [0.25, 0.3) is 5.91 Å². The first-order valence-corrected chi connectivity index (χ1v) is 10.1. The molecule has 1 aromatic carbocycles. The topological polar surface area (TPSA) is 86.0 Å². The van der Waals surface area contributed by atoms with Crippen LogP contribution in [-0.4, -0.2) is 42.1 Å². The number of hydrogen-bond acceptors (Lipinski definition) is 6. The number of pyridine rings is 1. The molecule has 1 aliphatic rings. The molecule has 4 heterocycles. The van der Waals surface area contributed by atoms with E-state index in [1.165, 1.54) is 24.3 Å². The van der Waals surface area contributed by atoms with Crippen LogP contribution in [-0.2, 0) is 20.0 Å². The van der Waals surface area contributed by atoms with Gasteiger partial charge in [-0.05, 0) is 42.5 Å². The molecule has 0 spiro atoms. The van der Waals surface area contributed by atoms with E-state index in [-0.39, 0.29) is 18.3 Å². The predicted octanol–water partition coefficient (Wildman–Crippen LogP) is 3.40. The molecule has 4 aromatic rings. The van der Waals surface area contributed by atoms with Gasteiger partial charge in [-0.2, -0.15) is 10.1 Å². The molecule has 32 heavy (non-hydrogen) atoms. The Morgan fingerprint density at radius 2 is 1.97 bits per heavy atom. The van der Waals surface area contributed by atoms with Gasteiger partial charge >= 0.3 is 0 Å². The summed E-state index contributed by atoms with van der Waals surface area (Å²) in [6.45, 7) is 0.788. The Balaban J connectivity index is 1.53. The molecule has 0 atom stereocenters. The third kappa shape index (κ3) is 3.92. The fourth-order valence-electron chi connectivity index (χ4n) is 3.57. The molecule has 1 amide bonds. The van der Waals surface area contributed by atoms with E-state index in [2.05, 4.69) is 15.1 Å². The average Bonchev–Trinajstić information content (AvgIpc) is 3.26. The van der Waals surface area contributed by atoms with Crippen LogP contribution < -0.4 is 4.74 Å². The molecule has 9 heteroatoms. The first kappa shape index (κ1) is 19.8. The number of nitrogens with zero attached hydrogens (tertiary/aromatic N) is 6. The van der Waals surface area contributed by atoms with Gasteiger partial charge in [0.15, 0.2) is 5.82 Å². The summed E-state index contributed by atoms with van der Waals surface area (Å²) in [4.78, 5) is 28.1. The van der Waals surface area contributed by atoms with Gasteiger partial charge in [-0.1, -0.05) is 0 Å². The Hall–Kier alpha value is -4.14. The molecule has 0 radical (unpaired) electrons. The lowest BCUT2D eigenvalue weighted by Gasteiger charge is -2.29. The van der Waals surface area contributed by atoms with Crippen molar-refractivity contribution in [3.63, 3.8) is 0 Å². The number of aromatic nitrogens is 5. The fourth-order valence-corrected chi connectivity index (χ4v) is 3.57. The zero-order valence-electron chi connectivity index (χ0n) is 17.3. The summed E-state index contributed by atoms with van der Waals surface area (Å²) in [7, 11) is 1.77. The highest BCUT2D eigenvalue weighted by molar-refractivity contribution is 5.92. The van der Waals surface area contributed by atoms with Crippen LogP contribution in [0.15, 0.2) is 61.1 Å². The minimum Gasteiger partial charge on any atom is -0.439 e. The normalized spacial score (nSPS) is 13.0. The standard InChI is InChI=1S/C23H19FN6O2/c1-29-11-8-20(28-29)23(31)30-12-9-19-18(14-30)22(32-17-6-4-16(24)5-7-17)27-21(26-19)15-3-2-10-25-13-15/h2-8,10-11,13H,9,12,14H2,1H3. The maximum Gasteiger partial charge on any atom is 0.274 e. The van der Waals surface area contributed by atoms with Crippen LogP contribution in [0.2, 0.25) is 0 Å². The van der Waals surface area contributed by atoms with Gasteiger partial charge in [-0.25, -0.2) is 9.37 Å². The van der Waals surface area contributed by atoms with Crippen LogP contribution in [0.3, 0.4) is 0 Å². The van der Waals surface area contributed by atoms with Crippen LogP contribution in [0.1, 0.15) is 21.7 Å². The number of halogens is 1. The van der Waals surface area contributed by atoms with Gasteiger partial charge in [-0.3, -0.25) is 14.5 Å². The number of ether oxygens (including phenoxy) is 1. The molecule has 3 aromatic heterocycles. The number of carbonyl (C=O) groups is 1. The van der Waals surface area contributed by atoms with E-state index in [1.807, 2.05) is 12.1 Å². The lowest BCUT2D eigenvalue weighted by atomic mass is 10.1. The van der Waals surface area contributed by atoms with E-state index < -0.39 is 0 Å². The van der Waals surface area contributed by atoms with E-state index in [0.29, 0.717) is 36.1 Å². The summed E-state index contributed by atoms with van der Waals surface area (Å²) in [5.41, 5.74) is 2.66. The van der Waals surface area contributed by atoms with Crippen LogP contribution in [0.4, 0.5) is 4.39 Å². The third-order valence-corrected chi connectivity index (χ3v) is 5.19. The first-order valence-electron chi connectivity index (χ1n) is 10.1. The maximum absolute atomic E-state index is 13.3. The summed E-state index contributed by atoms with van der Waals surface area (Å²) >= 11 is 0. The van der Waals surface area contributed by atoms with Crippen LogP contribution >= 0.6 is 0 Å². The lowest BCUT2D eigenvalue weighted by Crippen LogP contribution is -2.37. The second kappa shape index (κ2) is 8.18. The number of amides is 1. The Bertz CT molecular complexity index is 1270. The van der Waals surface area contributed by atoms with Crippen molar-refractivity contribution in [2.24, 2.45) is 7.05 Å². The molecule has 0 bridgehead atoms. The van der Waals surface area contributed by atoms with Crippen molar-refractivity contribution in [1.29, 1.82) is 0 Å². The highest BCUT2D eigenvalue weighted by atomic mass is 19.1. The van der Waals surface area contributed by atoms with Crippen molar-refractivity contribution in [2.75, 3.05) is 6.54 Å². The third-order valence-electron chi connectivity index (χ3n) is 5.19. The minimum absolute atomic E-state index is 0.166. The molecule has 0 saturated heterocycles. The molecule has 0 unspecified atom stereocenters. The number of aryl methyl sites for hydroxylation is 1. The maximum atomic E-state index is 13.3. The summed E-state index contributed by atoms with van der Waals surface area (Å²) in [6, 6.07) is 11.1. The molecular formula is C23H19FN6O2. The summed E-state index contributed by atoms with van der Waals surface area (Å²) in [5.74, 6) is 0.737. The predicted molar refractivity (Wildman–Crippen MR) is 113 cm³/mol. The van der Waals surface area contributed by atoms with Gasteiger partial charge < -0.3 is 9.64 Å². The van der Waals surface area contributed by atoms with Gasteiger partial charge in [0.1, 0.15) is 17.3 Å². The zero-order valence-corrected chi connectivity index (χ0v) is 17.3. The van der Waals surface area contributed by atoms with E-state index >= 15 is 0 Å². The van der Waals surface area contributed by atoms with Gasteiger partial charge in [-0.15, -0.1) is 0 Å². The van der Waals surface area contributed by atoms with Crippen LogP contribution in [0.25, 0.3) is 11.4 Å². The second-order valence-corrected chi connectivity index (χ2v) is 7.43. The van der Waals surface area contributed by atoms with Crippen molar-refractivity contribution in [2.45, 2.75) is 13.0 Å². The molecule has 0 aliphatic carbocycles. The first-order chi connectivity index (χ1) is 15.6. The van der Waals surface area contributed by atoms with Crippen molar-refractivity contribution >= 4 is 5.91 Å². The number of fused-ring (bicyclic) bond motifs is 1. The zero-order chi connectivity index (χ0) is 22.1. The summed E-state index contributed by atoms with van der Waals surface area (Å²) < 4.78 is 21.0. The van der Waals surface area contributed by atoms with Crippen molar-refractivity contribution in [3.8, 4) is 23.0 Å². The molecule has 1 aliphatic heterocycles. The number of hydrogen-bond donors (Lipinski definition) is 0. The van der Waals surface area contributed by atoms with Crippen molar-refractivity contribution in [1.82, 2.24) is 29.6 Å². The Morgan fingerprint density at radius 3 is 2.69 bits per heavy atom. The van der Waals surface area contributed by atoms with Gasteiger partial charge in [0.2, 0.25) is 5.88 Å². The van der Waals surface area contributed by atoms with Gasteiger partial charge in [0.05, 0.1) is 17.8 Å². The van der Waals surface area contributed by atoms with E-state index in [0.717, 1.165) is 16.8 Å². The molecule has 0 saturated carbocycles. The number of carbonyl (C=O) groups excluding carboxylic acids is 1. The monoisotopic (exact) mass is 430 g/mol. The average molecular weight is 430 g/mol. The molecule has 0 N–H and O–H groups in total. The number of rotatable bonds is 4. The summed E-state index contributed by atoms with van der Waals surface area (Å²) in [5, 5.41) is 4.21. The molecule has 5 rings (SSSR count). The van der Waals surface area contributed by atoms with E-state index in [4.69, 9.17) is 9.72 Å². The quantitative estimate of drug-likeness (QED) is 0.493. The second-order valence-electron chi connectivity index (χ2n) is 7.43. The van der Waals surface area contributed by atoms with Crippen LogP contribution in [0.5, 0.6) is 11.6 Å². The van der Waals surface area contributed by atoms with E-state index in [9.17, 15) is 9.18 Å². The van der Waals surface area contributed by atoms with Crippen molar-refractivity contribution in [3.05, 3.63) is 83.8 Å². The lowest BCUT2D eigenvalue weighted by molar-refractivity contribution is 0.0725.